The Balaban J connectivity index is 2.64. The summed E-state index contributed by atoms with van der Waals surface area (Å²) in [5.41, 5.74) is -1.24. The first-order valence-corrected chi connectivity index (χ1v) is 6.87. The van der Waals surface area contributed by atoms with Crippen molar-refractivity contribution in [2.75, 3.05) is 18.4 Å². The van der Waals surface area contributed by atoms with Crippen molar-refractivity contribution in [2.45, 2.75) is 12.6 Å². The number of amides is 2. The molecular formula is C15H15F3N4O2. The van der Waals surface area contributed by atoms with Crippen molar-refractivity contribution in [3.63, 3.8) is 0 Å². The van der Waals surface area contributed by atoms with Gasteiger partial charge < -0.3 is 16.0 Å². The number of nitrogens with one attached hydrogen (secondary N) is 3. The SMILES string of the molecule is N#C/C(=C/NCCCNC=O)C(=O)Nc1cccc(C(F)(F)F)c1. The number of rotatable bonds is 8. The van der Waals surface area contributed by atoms with Crippen LogP contribution in [0.4, 0.5) is 18.9 Å². The van der Waals surface area contributed by atoms with Crippen LogP contribution < -0.4 is 16.0 Å². The maximum atomic E-state index is 12.6. The van der Waals surface area contributed by atoms with Crippen LogP contribution in [-0.2, 0) is 15.8 Å². The summed E-state index contributed by atoms with van der Waals surface area (Å²) in [6.45, 7) is 0.839. The number of alkyl halides is 3. The minimum Gasteiger partial charge on any atom is -0.390 e. The summed E-state index contributed by atoms with van der Waals surface area (Å²) in [5, 5.41) is 16.3. The fourth-order valence-electron chi connectivity index (χ4n) is 1.65. The van der Waals surface area contributed by atoms with Gasteiger partial charge in [-0.3, -0.25) is 9.59 Å². The summed E-state index contributed by atoms with van der Waals surface area (Å²) in [6, 6.07) is 5.78. The molecule has 0 saturated heterocycles. The van der Waals surface area contributed by atoms with Crippen molar-refractivity contribution in [1.29, 1.82) is 5.26 Å². The molecule has 0 saturated carbocycles. The van der Waals surface area contributed by atoms with Gasteiger partial charge in [0, 0.05) is 25.0 Å². The van der Waals surface area contributed by atoms with Gasteiger partial charge >= 0.3 is 6.18 Å². The number of nitrogens with zero attached hydrogens (tertiary/aromatic N) is 1. The van der Waals surface area contributed by atoms with Crippen LogP contribution in [0, 0.1) is 11.3 Å². The maximum Gasteiger partial charge on any atom is 0.416 e. The third kappa shape index (κ3) is 6.39. The molecular weight excluding hydrogens is 325 g/mol. The first-order chi connectivity index (χ1) is 11.4. The van der Waals surface area contributed by atoms with E-state index >= 15 is 0 Å². The van der Waals surface area contributed by atoms with E-state index < -0.39 is 17.6 Å². The number of hydrogen-bond donors (Lipinski definition) is 3. The fraction of sp³-hybridized carbons (Fsp3) is 0.267. The average Bonchev–Trinajstić information content (AvgIpc) is 2.53. The lowest BCUT2D eigenvalue weighted by atomic mass is 10.2. The standard InChI is InChI=1S/C15H15F3N4O2/c16-15(17,18)12-3-1-4-13(7-12)22-14(24)11(8-19)9-20-5-2-6-21-10-23/h1,3-4,7,9-10,20H,2,5-6H2,(H,21,23)(H,22,24)/b11-9-. The largest absolute Gasteiger partial charge is 0.416 e. The van der Waals surface area contributed by atoms with Crippen LogP contribution in [0.25, 0.3) is 0 Å². The van der Waals surface area contributed by atoms with E-state index in [4.69, 9.17) is 5.26 Å². The zero-order valence-electron chi connectivity index (χ0n) is 12.5. The van der Waals surface area contributed by atoms with Crippen LogP contribution in [0.5, 0.6) is 0 Å². The summed E-state index contributed by atoms with van der Waals surface area (Å²) in [7, 11) is 0. The highest BCUT2D eigenvalue weighted by atomic mass is 19.4. The first-order valence-electron chi connectivity index (χ1n) is 6.87. The molecule has 0 atom stereocenters. The molecule has 1 aromatic rings. The van der Waals surface area contributed by atoms with E-state index in [0.717, 1.165) is 18.2 Å². The Morgan fingerprint density at radius 2 is 1.96 bits per heavy atom. The van der Waals surface area contributed by atoms with Crippen molar-refractivity contribution < 1.29 is 22.8 Å². The van der Waals surface area contributed by atoms with Gasteiger partial charge in [0.2, 0.25) is 6.41 Å². The highest BCUT2D eigenvalue weighted by molar-refractivity contribution is 6.06. The lowest BCUT2D eigenvalue weighted by Gasteiger charge is -2.09. The van der Waals surface area contributed by atoms with Gasteiger partial charge in [0.1, 0.15) is 11.6 Å². The van der Waals surface area contributed by atoms with E-state index in [-0.39, 0.29) is 11.3 Å². The van der Waals surface area contributed by atoms with Crippen molar-refractivity contribution in [3.05, 3.63) is 41.6 Å². The Morgan fingerprint density at radius 3 is 2.58 bits per heavy atom. The number of nitriles is 1. The van der Waals surface area contributed by atoms with Gasteiger partial charge in [-0.15, -0.1) is 0 Å². The predicted molar refractivity (Wildman–Crippen MR) is 80.5 cm³/mol. The van der Waals surface area contributed by atoms with Crippen molar-refractivity contribution in [2.24, 2.45) is 0 Å². The molecule has 0 aliphatic heterocycles. The van der Waals surface area contributed by atoms with E-state index in [1.54, 1.807) is 6.07 Å². The number of carbonyl (C=O) groups excluding carboxylic acids is 2. The number of hydrogen-bond acceptors (Lipinski definition) is 4. The second-order valence-corrected chi connectivity index (χ2v) is 4.58. The molecule has 0 fully saturated rings. The Labute approximate surface area is 136 Å². The van der Waals surface area contributed by atoms with Gasteiger partial charge in [0.25, 0.3) is 5.91 Å². The van der Waals surface area contributed by atoms with Crippen LogP contribution in [0.1, 0.15) is 12.0 Å². The zero-order valence-corrected chi connectivity index (χ0v) is 12.5. The second kappa shape index (κ2) is 9.19. The Bertz CT molecular complexity index is 651. The first kappa shape index (κ1) is 19.0. The molecule has 0 bridgehead atoms. The van der Waals surface area contributed by atoms with Gasteiger partial charge in [-0.1, -0.05) is 6.07 Å². The van der Waals surface area contributed by atoms with Crippen molar-refractivity contribution >= 4 is 18.0 Å². The smallest absolute Gasteiger partial charge is 0.390 e. The third-order valence-electron chi connectivity index (χ3n) is 2.78. The zero-order chi connectivity index (χ0) is 18.0. The van der Waals surface area contributed by atoms with Crippen molar-refractivity contribution in [1.82, 2.24) is 10.6 Å². The molecule has 0 radical (unpaired) electrons. The summed E-state index contributed by atoms with van der Waals surface area (Å²) in [5.74, 6) is -0.824. The molecule has 0 aliphatic carbocycles. The molecule has 9 heteroatoms. The van der Waals surface area contributed by atoms with Crippen LogP contribution in [0.15, 0.2) is 36.0 Å². The van der Waals surface area contributed by atoms with Crippen molar-refractivity contribution in [3.8, 4) is 6.07 Å². The monoisotopic (exact) mass is 340 g/mol. The van der Waals surface area contributed by atoms with E-state index in [1.165, 1.54) is 12.3 Å². The van der Waals surface area contributed by atoms with Crippen LogP contribution in [0.2, 0.25) is 0 Å². The van der Waals surface area contributed by atoms with Gasteiger partial charge in [-0.05, 0) is 24.6 Å². The molecule has 0 aliphatic rings. The summed E-state index contributed by atoms with van der Waals surface area (Å²) in [4.78, 5) is 21.9. The molecule has 128 valence electrons. The normalized spacial score (nSPS) is 11.3. The second-order valence-electron chi connectivity index (χ2n) is 4.58. The van der Waals surface area contributed by atoms with E-state index in [2.05, 4.69) is 16.0 Å². The summed E-state index contributed by atoms with van der Waals surface area (Å²) < 4.78 is 37.8. The molecule has 0 spiro atoms. The quantitative estimate of drug-likeness (QED) is 0.291. The predicted octanol–water partition coefficient (Wildman–Crippen LogP) is 1.78. The highest BCUT2D eigenvalue weighted by Crippen LogP contribution is 2.30. The molecule has 6 nitrogen and oxygen atoms in total. The number of anilines is 1. The summed E-state index contributed by atoms with van der Waals surface area (Å²) in [6.07, 6.45) is -2.22. The molecule has 1 rings (SSSR count). The number of halogens is 3. The Hall–Kier alpha value is -3.02. The van der Waals surface area contributed by atoms with E-state index in [9.17, 15) is 22.8 Å². The van der Waals surface area contributed by atoms with Crippen LogP contribution in [-0.4, -0.2) is 25.4 Å². The lowest BCUT2D eigenvalue weighted by molar-refractivity contribution is -0.137. The molecule has 0 heterocycles. The number of carbonyl (C=O) groups is 2. The third-order valence-corrected chi connectivity index (χ3v) is 2.78. The molecule has 3 N–H and O–H groups in total. The van der Waals surface area contributed by atoms with E-state index in [1.807, 2.05) is 0 Å². The molecule has 2 amide bonds. The fourth-order valence-corrected chi connectivity index (χ4v) is 1.65. The van der Waals surface area contributed by atoms with Crippen LogP contribution in [0.3, 0.4) is 0 Å². The van der Waals surface area contributed by atoms with Gasteiger partial charge in [0.05, 0.1) is 5.56 Å². The highest BCUT2D eigenvalue weighted by Gasteiger charge is 2.30. The summed E-state index contributed by atoms with van der Waals surface area (Å²) >= 11 is 0. The minimum absolute atomic E-state index is 0.0637. The Kier molecular flexibility index (Phi) is 7.29. The van der Waals surface area contributed by atoms with Gasteiger partial charge in [0.15, 0.2) is 0 Å². The molecule has 1 aromatic carbocycles. The lowest BCUT2D eigenvalue weighted by Crippen LogP contribution is -2.20. The van der Waals surface area contributed by atoms with E-state index in [0.29, 0.717) is 25.9 Å². The Morgan fingerprint density at radius 1 is 1.25 bits per heavy atom. The average molecular weight is 340 g/mol. The molecule has 0 unspecified atom stereocenters. The molecule has 24 heavy (non-hydrogen) atoms. The van der Waals surface area contributed by atoms with Gasteiger partial charge in [-0.25, -0.2) is 0 Å². The number of benzene rings is 1. The van der Waals surface area contributed by atoms with Crippen LogP contribution >= 0.6 is 0 Å². The maximum absolute atomic E-state index is 12.6. The molecule has 0 aromatic heterocycles. The van der Waals surface area contributed by atoms with Gasteiger partial charge in [-0.2, -0.15) is 18.4 Å². The minimum atomic E-state index is -4.52. The topological polar surface area (TPSA) is 94.0 Å².